The molecule has 2 rings (SSSR count). The van der Waals surface area contributed by atoms with Crippen molar-refractivity contribution < 1.29 is 14.8 Å². The van der Waals surface area contributed by atoms with Gasteiger partial charge in [0, 0.05) is 25.2 Å². The van der Waals surface area contributed by atoms with Crippen molar-refractivity contribution in [1.82, 2.24) is 4.90 Å². The molecule has 114 valence electrons. The lowest BCUT2D eigenvalue weighted by molar-refractivity contribution is -0.384. The van der Waals surface area contributed by atoms with E-state index in [1.165, 1.54) is 11.0 Å². The Morgan fingerprint density at radius 1 is 1.48 bits per heavy atom. The van der Waals surface area contributed by atoms with Crippen molar-refractivity contribution in [2.24, 2.45) is 0 Å². The molecule has 0 unspecified atom stereocenters. The van der Waals surface area contributed by atoms with E-state index in [1.807, 2.05) is 0 Å². The highest BCUT2D eigenvalue weighted by molar-refractivity contribution is 5.67. The number of nitrogens with zero attached hydrogens (tertiary/aromatic N) is 2. The molecule has 1 aromatic carbocycles. The van der Waals surface area contributed by atoms with Gasteiger partial charge < -0.3 is 15.3 Å². The minimum absolute atomic E-state index is 0.0288. The Hall–Kier alpha value is -2.31. The zero-order chi connectivity index (χ0) is 15.4. The topological polar surface area (TPSA) is 95.7 Å². The minimum atomic E-state index is -0.942. The lowest BCUT2D eigenvalue weighted by atomic mass is 10.1. The van der Waals surface area contributed by atoms with E-state index in [4.69, 9.17) is 5.11 Å². The van der Waals surface area contributed by atoms with Gasteiger partial charge in [-0.25, -0.2) is 4.79 Å². The lowest BCUT2D eigenvalue weighted by Crippen LogP contribution is -2.38. The van der Waals surface area contributed by atoms with Gasteiger partial charge in [-0.3, -0.25) is 10.1 Å². The number of aryl methyl sites for hydroxylation is 1. The van der Waals surface area contributed by atoms with Crippen molar-refractivity contribution in [2.75, 3.05) is 18.4 Å². The number of nitrogens with one attached hydrogen (secondary N) is 1. The van der Waals surface area contributed by atoms with E-state index in [0.717, 1.165) is 24.8 Å². The van der Waals surface area contributed by atoms with Gasteiger partial charge in [-0.05, 0) is 31.7 Å². The quantitative estimate of drug-likeness (QED) is 0.660. The summed E-state index contributed by atoms with van der Waals surface area (Å²) in [5, 5.41) is 23.4. The molecule has 0 bridgehead atoms. The first-order valence-electron chi connectivity index (χ1n) is 6.97. The van der Waals surface area contributed by atoms with Crippen LogP contribution < -0.4 is 5.32 Å². The first-order valence-corrected chi connectivity index (χ1v) is 6.97. The predicted octanol–water partition coefficient (Wildman–Crippen LogP) is 2.85. The average Bonchev–Trinajstić information content (AvgIpc) is 2.66. The van der Waals surface area contributed by atoms with Gasteiger partial charge in [0.2, 0.25) is 0 Å². The number of anilines is 1. The van der Waals surface area contributed by atoms with Crippen LogP contribution in [-0.4, -0.2) is 40.2 Å². The fraction of sp³-hybridized carbons (Fsp3) is 0.500. The van der Waals surface area contributed by atoms with Crippen LogP contribution in [0.15, 0.2) is 18.2 Å². The molecule has 1 heterocycles. The second kappa shape index (κ2) is 6.43. The molecule has 0 saturated carbocycles. The fourth-order valence-electron chi connectivity index (χ4n) is 2.63. The fourth-order valence-corrected chi connectivity index (χ4v) is 2.63. The molecule has 1 amide bonds. The Kier molecular flexibility index (Phi) is 4.62. The molecule has 0 spiro atoms. The zero-order valence-electron chi connectivity index (χ0n) is 11.9. The number of hydrogen-bond donors (Lipinski definition) is 2. The molecule has 1 atom stereocenters. The summed E-state index contributed by atoms with van der Waals surface area (Å²) in [5.41, 5.74) is 1.30. The molecule has 7 heteroatoms. The van der Waals surface area contributed by atoms with E-state index in [0.29, 0.717) is 18.8 Å². The smallest absolute Gasteiger partial charge is 0.407 e. The van der Waals surface area contributed by atoms with E-state index in [1.54, 1.807) is 19.1 Å². The summed E-state index contributed by atoms with van der Waals surface area (Å²) in [6.07, 6.45) is 1.58. The minimum Gasteiger partial charge on any atom is -0.465 e. The maximum absolute atomic E-state index is 11.1. The van der Waals surface area contributed by atoms with Crippen LogP contribution in [0.2, 0.25) is 0 Å². The molecule has 1 fully saturated rings. The maximum atomic E-state index is 11.1. The Morgan fingerprint density at radius 2 is 2.24 bits per heavy atom. The standard InChI is InChI=1S/C14H19N3O4/c1-10-5-4-7-12(17(20)21)13(10)15-11-6-2-3-8-16(9-11)14(18)19/h4-5,7,11,15H,2-3,6,8-9H2,1H3,(H,18,19)/t11-/m1/s1. The van der Waals surface area contributed by atoms with Crippen LogP contribution in [0.1, 0.15) is 24.8 Å². The monoisotopic (exact) mass is 293 g/mol. The summed E-state index contributed by atoms with van der Waals surface area (Å²) in [6.45, 7) is 2.67. The van der Waals surface area contributed by atoms with Gasteiger partial charge in [-0.1, -0.05) is 12.1 Å². The van der Waals surface area contributed by atoms with Crippen LogP contribution in [0.5, 0.6) is 0 Å². The summed E-state index contributed by atoms with van der Waals surface area (Å²) in [7, 11) is 0. The molecule has 0 radical (unpaired) electrons. The number of nitro benzene ring substituents is 1. The summed E-state index contributed by atoms with van der Waals surface area (Å²) >= 11 is 0. The van der Waals surface area contributed by atoms with Gasteiger partial charge in [0.15, 0.2) is 0 Å². The Balaban J connectivity index is 2.20. The third-order valence-electron chi connectivity index (χ3n) is 3.74. The van der Waals surface area contributed by atoms with E-state index in [2.05, 4.69) is 5.32 Å². The summed E-state index contributed by atoms with van der Waals surface area (Å²) in [5.74, 6) is 0. The predicted molar refractivity (Wildman–Crippen MR) is 78.7 cm³/mol. The van der Waals surface area contributed by atoms with Gasteiger partial charge in [0.25, 0.3) is 5.69 Å². The Bertz CT molecular complexity index is 547. The number of para-hydroxylation sites is 1. The molecule has 0 aliphatic carbocycles. The number of likely N-dealkylation sites (tertiary alicyclic amines) is 1. The zero-order valence-corrected chi connectivity index (χ0v) is 11.9. The maximum Gasteiger partial charge on any atom is 0.407 e. The van der Waals surface area contributed by atoms with Gasteiger partial charge in [0.1, 0.15) is 5.69 Å². The van der Waals surface area contributed by atoms with E-state index in [-0.39, 0.29) is 11.7 Å². The van der Waals surface area contributed by atoms with Crippen molar-refractivity contribution in [3.05, 3.63) is 33.9 Å². The molecular formula is C14H19N3O4. The molecular weight excluding hydrogens is 274 g/mol. The summed E-state index contributed by atoms with van der Waals surface area (Å²) < 4.78 is 0. The van der Waals surface area contributed by atoms with Gasteiger partial charge in [0.05, 0.1) is 4.92 Å². The number of carboxylic acid groups (broad SMARTS) is 1. The van der Waals surface area contributed by atoms with Crippen LogP contribution >= 0.6 is 0 Å². The number of hydrogen-bond acceptors (Lipinski definition) is 4. The molecule has 1 aliphatic heterocycles. The molecule has 2 N–H and O–H groups in total. The van der Waals surface area contributed by atoms with Gasteiger partial charge in [-0.15, -0.1) is 0 Å². The Morgan fingerprint density at radius 3 is 2.90 bits per heavy atom. The third-order valence-corrected chi connectivity index (χ3v) is 3.74. The van der Waals surface area contributed by atoms with Crippen LogP contribution in [0.25, 0.3) is 0 Å². The molecule has 21 heavy (non-hydrogen) atoms. The van der Waals surface area contributed by atoms with E-state index in [9.17, 15) is 14.9 Å². The summed E-state index contributed by atoms with van der Waals surface area (Å²) in [4.78, 5) is 23.2. The Labute approximate surface area is 122 Å². The van der Waals surface area contributed by atoms with Crippen molar-refractivity contribution in [1.29, 1.82) is 0 Å². The largest absolute Gasteiger partial charge is 0.465 e. The van der Waals surface area contributed by atoms with E-state index >= 15 is 0 Å². The third kappa shape index (κ3) is 3.62. The number of nitro groups is 1. The molecule has 1 aromatic rings. The SMILES string of the molecule is Cc1cccc([N+](=O)[O-])c1N[C@@H]1CCCCN(C(=O)O)C1. The van der Waals surface area contributed by atoms with Crippen molar-refractivity contribution in [3.8, 4) is 0 Å². The first-order chi connectivity index (χ1) is 9.99. The second-order valence-corrected chi connectivity index (χ2v) is 5.29. The average molecular weight is 293 g/mol. The molecule has 1 saturated heterocycles. The van der Waals surface area contributed by atoms with Crippen LogP contribution in [0.4, 0.5) is 16.2 Å². The van der Waals surface area contributed by atoms with Crippen molar-refractivity contribution >= 4 is 17.5 Å². The van der Waals surface area contributed by atoms with Crippen molar-refractivity contribution in [2.45, 2.75) is 32.2 Å². The number of carbonyl (C=O) groups is 1. The van der Waals surface area contributed by atoms with Crippen LogP contribution in [-0.2, 0) is 0 Å². The van der Waals surface area contributed by atoms with Crippen LogP contribution in [0.3, 0.4) is 0 Å². The highest BCUT2D eigenvalue weighted by atomic mass is 16.6. The summed E-state index contributed by atoms with van der Waals surface area (Å²) in [6, 6.07) is 4.81. The number of benzene rings is 1. The van der Waals surface area contributed by atoms with Gasteiger partial charge >= 0.3 is 6.09 Å². The van der Waals surface area contributed by atoms with Crippen molar-refractivity contribution in [3.63, 3.8) is 0 Å². The second-order valence-electron chi connectivity index (χ2n) is 5.29. The van der Waals surface area contributed by atoms with Gasteiger partial charge in [-0.2, -0.15) is 0 Å². The molecule has 1 aliphatic rings. The number of rotatable bonds is 3. The normalized spacial score (nSPS) is 18.9. The molecule has 0 aromatic heterocycles. The first kappa shape index (κ1) is 15.1. The molecule has 7 nitrogen and oxygen atoms in total. The van der Waals surface area contributed by atoms with E-state index < -0.39 is 11.0 Å². The highest BCUT2D eigenvalue weighted by Crippen LogP contribution is 2.29. The highest BCUT2D eigenvalue weighted by Gasteiger charge is 2.24. The van der Waals surface area contributed by atoms with Crippen LogP contribution in [0, 0.1) is 17.0 Å². The lowest BCUT2D eigenvalue weighted by Gasteiger charge is -2.24. The number of amides is 1.